The normalized spacial score (nSPS) is 11.2. The molecule has 0 N–H and O–H groups in total. The highest BCUT2D eigenvalue weighted by Gasteiger charge is 2.20. The minimum atomic E-state index is 0.867. The highest BCUT2D eigenvalue weighted by molar-refractivity contribution is 9.11. The molecule has 0 radical (unpaired) electrons. The Morgan fingerprint density at radius 2 is 0.652 bits per heavy atom. The Balaban J connectivity index is 2.71. The lowest BCUT2D eigenvalue weighted by Crippen LogP contribution is -2.03. The molecule has 0 fully saturated rings. The second-order valence-electron chi connectivity index (χ2n) is 6.14. The molecule has 0 amide bonds. The first-order chi connectivity index (χ1) is 10.6. The molecule has 0 atom stereocenters. The molecule has 0 spiro atoms. The van der Waals surface area contributed by atoms with Gasteiger partial charge in [0.15, 0.2) is 0 Å². The Morgan fingerprint density at radius 3 is 0.870 bits per heavy atom. The largest absolute Gasteiger partial charge is 0.0502 e. The van der Waals surface area contributed by atoms with Crippen molar-refractivity contribution in [3.63, 3.8) is 0 Å². The fourth-order valence-corrected chi connectivity index (χ4v) is 5.88. The van der Waals surface area contributed by atoms with Gasteiger partial charge in [-0.05, 0) is 86.1 Å². The van der Waals surface area contributed by atoms with Crippen molar-refractivity contribution in [1.29, 1.82) is 0 Å². The second kappa shape index (κ2) is 7.31. The molecule has 0 aromatic heterocycles. The Kier molecular flexibility index (Phi) is 6.25. The highest BCUT2D eigenvalue weighted by Crippen LogP contribution is 2.41. The SMILES string of the molecule is Cc1c(C)c(Br)c(Cc2c(Br)c(C)c(C)c(C)c2Br)c(Br)c1C. The van der Waals surface area contributed by atoms with Crippen LogP contribution < -0.4 is 0 Å². The van der Waals surface area contributed by atoms with Crippen molar-refractivity contribution in [3.05, 3.63) is 62.4 Å². The van der Waals surface area contributed by atoms with Crippen LogP contribution in [0.2, 0.25) is 0 Å². The summed E-state index contributed by atoms with van der Waals surface area (Å²) in [6.45, 7) is 13.1. The minimum Gasteiger partial charge on any atom is -0.0502 e. The minimum absolute atomic E-state index is 0.867. The molecule has 0 saturated carbocycles. The third-order valence-corrected chi connectivity index (χ3v) is 9.27. The van der Waals surface area contributed by atoms with E-state index in [-0.39, 0.29) is 0 Å². The molecule has 0 aliphatic carbocycles. The van der Waals surface area contributed by atoms with E-state index < -0.39 is 0 Å². The van der Waals surface area contributed by atoms with Crippen molar-refractivity contribution < 1.29 is 0 Å². The van der Waals surface area contributed by atoms with E-state index in [4.69, 9.17) is 0 Å². The molecular weight excluding hydrogens is 548 g/mol. The van der Waals surface area contributed by atoms with E-state index in [1.807, 2.05) is 0 Å². The molecule has 4 heteroatoms. The summed E-state index contributed by atoms with van der Waals surface area (Å²) >= 11 is 15.3. The number of hydrogen-bond donors (Lipinski definition) is 0. The van der Waals surface area contributed by atoms with E-state index >= 15 is 0 Å². The van der Waals surface area contributed by atoms with Crippen LogP contribution in [0.25, 0.3) is 0 Å². The van der Waals surface area contributed by atoms with Crippen molar-refractivity contribution in [1.82, 2.24) is 0 Å². The van der Waals surface area contributed by atoms with Crippen molar-refractivity contribution >= 4 is 63.7 Å². The van der Waals surface area contributed by atoms with Crippen LogP contribution >= 0.6 is 63.7 Å². The zero-order valence-electron chi connectivity index (χ0n) is 14.2. The zero-order chi connectivity index (χ0) is 17.6. The lowest BCUT2D eigenvalue weighted by Gasteiger charge is -2.20. The third kappa shape index (κ3) is 3.38. The Labute approximate surface area is 173 Å². The van der Waals surface area contributed by atoms with E-state index in [9.17, 15) is 0 Å². The summed E-state index contributed by atoms with van der Waals surface area (Å²) in [5.74, 6) is 0. The summed E-state index contributed by atoms with van der Waals surface area (Å²) in [5, 5.41) is 0. The average Bonchev–Trinajstić information content (AvgIpc) is 2.54. The maximum absolute atomic E-state index is 3.81. The lowest BCUT2D eigenvalue weighted by molar-refractivity contribution is 1.07. The van der Waals surface area contributed by atoms with Crippen LogP contribution in [0, 0.1) is 41.5 Å². The molecule has 0 heterocycles. The van der Waals surface area contributed by atoms with Gasteiger partial charge in [-0.2, -0.15) is 0 Å². The molecule has 0 aliphatic rings. The van der Waals surface area contributed by atoms with Crippen molar-refractivity contribution in [3.8, 4) is 0 Å². The molecule has 2 aromatic carbocycles. The van der Waals surface area contributed by atoms with E-state index in [0.29, 0.717) is 0 Å². The maximum Gasteiger partial charge on any atom is 0.0254 e. The Bertz CT molecular complexity index is 678. The predicted molar refractivity (Wildman–Crippen MR) is 115 cm³/mol. The molecular formula is C19H20Br4. The molecule has 0 bridgehead atoms. The number of rotatable bonds is 2. The van der Waals surface area contributed by atoms with Crippen molar-refractivity contribution in [2.45, 2.75) is 48.0 Å². The smallest absolute Gasteiger partial charge is 0.0254 e. The summed E-state index contributed by atoms with van der Waals surface area (Å²) in [6, 6.07) is 0. The summed E-state index contributed by atoms with van der Waals surface area (Å²) < 4.78 is 4.79. The molecule has 2 rings (SSSR count). The summed E-state index contributed by atoms with van der Waals surface area (Å²) in [6.07, 6.45) is 0.867. The first-order valence-corrected chi connectivity index (χ1v) is 10.6. The zero-order valence-corrected chi connectivity index (χ0v) is 20.6. The number of halogens is 4. The molecule has 0 aliphatic heterocycles. The van der Waals surface area contributed by atoms with Gasteiger partial charge in [-0.3, -0.25) is 0 Å². The summed E-state index contributed by atoms with van der Waals surface area (Å²) in [5.41, 5.74) is 10.5. The second-order valence-corrected chi connectivity index (χ2v) is 9.31. The van der Waals surface area contributed by atoms with Gasteiger partial charge in [-0.1, -0.05) is 63.7 Å². The third-order valence-electron chi connectivity index (χ3n) is 4.98. The summed E-state index contributed by atoms with van der Waals surface area (Å²) in [4.78, 5) is 0. The molecule has 2 aromatic rings. The van der Waals surface area contributed by atoms with E-state index in [0.717, 1.165) is 6.42 Å². The molecule has 0 nitrogen and oxygen atoms in total. The van der Waals surface area contributed by atoms with Crippen LogP contribution in [0.1, 0.15) is 44.5 Å². The van der Waals surface area contributed by atoms with E-state index in [1.165, 1.54) is 62.4 Å². The van der Waals surface area contributed by atoms with Crippen molar-refractivity contribution in [2.75, 3.05) is 0 Å². The van der Waals surface area contributed by atoms with Gasteiger partial charge in [0.2, 0.25) is 0 Å². The molecule has 0 unspecified atom stereocenters. The van der Waals surface area contributed by atoms with Crippen LogP contribution in [0.15, 0.2) is 17.9 Å². The number of hydrogen-bond acceptors (Lipinski definition) is 0. The standard InChI is InChI=1S/C19H20Br4/c1-8-10(3)16(20)14(17(21)11(8)4)7-15-18(22)12(5)9(2)13(6)19(15)23/h7H2,1-6H3. The molecule has 23 heavy (non-hydrogen) atoms. The van der Waals surface area contributed by atoms with Crippen LogP contribution in [-0.2, 0) is 6.42 Å². The first-order valence-electron chi connectivity index (χ1n) is 7.46. The van der Waals surface area contributed by atoms with Gasteiger partial charge >= 0.3 is 0 Å². The van der Waals surface area contributed by atoms with Crippen LogP contribution in [0.4, 0.5) is 0 Å². The Hall–Kier alpha value is 0.360. The number of benzene rings is 2. The molecule has 0 saturated heterocycles. The topological polar surface area (TPSA) is 0 Å². The fourth-order valence-electron chi connectivity index (χ4n) is 2.81. The first kappa shape index (κ1) is 19.7. The van der Waals surface area contributed by atoms with Gasteiger partial charge in [0.25, 0.3) is 0 Å². The highest BCUT2D eigenvalue weighted by atomic mass is 79.9. The van der Waals surface area contributed by atoms with Gasteiger partial charge in [0.05, 0.1) is 0 Å². The summed E-state index contributed by atoms with van der Waals surface area (Å²) in [7, 11) is 0. The maximum atomic E-state index is 3.81. The van der Waals surface area contributed by atoms with Gasteiger partial charge in [-0.15, -0.1) is 0 Å². The molecule has 124 valence electrons. The Morgan fingerprint density at radius 1 is 0.435 bits per heavy atom. The van der Waals surface area contributed by atoms with Crippen LogP contribution in [0.5, 0.6) is 0 Å². The average molecular weight is 568 g/mol. The monoisotopic (exact) mass is 564 g/mol. The predicted octanol–water partition coefficient (Wildman–Crippen LogP) is 8.18. The van der Waals surface area contributed by atoms with Gasteiger partial charge in [-0.25, -0.2) is 0 Å². The van der Waals surface area contributed by atoms with Gasteiger partial charge in [0, 0.05) is 24.3 Å². The van der Waals surface area contributed by atoms with Crippen LogP contribution in [0.3, 0.4) is 0 Å². The van der Waals surface area contributed by atoms with E-state index in [2.05, 4.69) is 105 Å². The fraction of sp³-hybridized carbons (Fsp3) is 0.368. The van der Waals surface area contributed by atoms with E-state index in [1.54, 1.807) is 0 Å². The van der Waals surface area contributed by atoms with Crippen LogP contribution in [-0.4, -0.2) is 0 Å². The lowest BCUT2D eigenvalue weighted by atomic mass is 9.93. The quantitative estimate of drug-likeness (QED) is 0.343. The van der Waals surface area contributed by atoms with Gasteiger partial charge in [0.1, 0.15) is 0 Å². The van der Waals surface area contributed by atoms with Crippen molar-refractivity contribution in [2.24, 2.45) is 0 Å². The van der Waals surface area contributed by atoms with Gasteiger partial charge < -0.3 is 0 Å².